The van der Waals surface area contributed by atoms with E-state index in [0.717, 1.165) is 32.5 Å². The van der Waals surface area contributed by atoms with Gasteiger partial charge in [0.2, 0.25) is 0 Å². The third-order valence-corrected chi connectivity index (χ3v) is 4.52. The SMILES string of the molecule is C1CCC2(C1)CNC1(CCNCC1)OC2. The Morgan fingerprint density at radius 3 is 2.27 bits per heavy atom. The number of hydrogen-bond acceptors (Lipinski definition) is 3. The second kappa shape index (κ2) is 3.72. The van der Waals surface area contributed by atoms with Crippen molar-refractivity contribution < 1.29 is 4.74 Å². The van der Waals surface area contributed by atoms with Crippen molar-refractivity contribution in [2.45, 2.75) is 44.2 Å². The maximum absolute atomic E-state index is 6.19. The van der Waals surface area contributed by atoms with Crippen LogP contribution in [0, 0.1) is 5.41 Å². The van der Waals surface area contributed by atoms with Crippen LogP contribution >= 0.6 is 0 Å². The molecular formula is C12H22N2O. The number of nitrogens with one attached hydrogen (secondary N) is 2. The van der Waals surface area contributed by atoms with Crippen LogP contribution in [0.1, 0.15) is 38.5 Å². The Kier molecular flexibility index (Phi) is 2.49. The maximum Gasteiger partial charge on any atom is 0.121 e. The van der Waals surface area contributed by atoms with Crippen LogP contribution in [-0.2, 0) is 4.74 Å². The highest BCUT2D eigenvalue weighted by atomic mass is 16.5. The zero-order valence-electron chi connectivity index (χ0n) is 9.48. The molecule has 3 aliphatic rings. The molecule has 0 aromatic rings. The average molecular weight is 210 g/mol. The molecule has 3 nitrogen and oxygen atoms in total. The smallest absolute Gasteiger partial charge is 0.121 e. The summed E-state index contributed by atoms with van der Waals surface area (Å²) in [6, 6.07) is 0. The van der Waals surface area contributed by atoms with E-state index >= 15 is 0 Å². The Morgan fingerprint density at radius 1 is 0.933 bits per heavy atom. The topological polar surface area (TPSA) is 33.3 Å². The molecule has 1 aliphatic carbocycles. The summed E-state index contributed by atoms with van der Waals surface area (Å²) in [5, 5.41) is 7.10. The number of hydrogen-bond donors (Lipinski definition) is 2. The van der Waals surface area contributed by atoms with E-state index in [1.807, 2.05) is 0 Å². The molecule has 86 valence electrons. The summed E-state index contributed by atoms with van der Waals surface area (Å²) in [4.78, 5) is 0. The van der Waals surface area contributed by atoms with Gasteiger partial charge in [0.25, 0.3) is 0 Å². The molecule has 2 aliphatic heterocycles. The molecule has 15 heavy (non-hydrogen) atoms. The molecule has 0 unspecified atom stereocenters. The van der Waals surface area contributed by atoms with Crippen molar-refractivity contribution >= 4 is 0 Å². The van der Waals surface area contributed by atoms with Crippen LogP contribution in [0.3, 0.4) is 0 Å². The highest BCUT2D eigenvalue weighted by Gasteiger charge is 2.44. The van der Waals surface area contributed by atoms with Gasteiger partial charge in [0.05, 0.1) is 6.61 Å². The number of ether oxygens (including phenoxy) is 1. The molecular weight excluding hydrogens is 188 g/mol. The zero-order valence-corrected chi connectivity index (χ0v) is 9.48. The average Bonchev–Trinajstić information content (AvgIpc) is 2.74. The van der Waals surface area contributed by atoms with E-state index in [0.29, 0.717) is 5.41 Å². The molecule has 1 saturated carbocycles. The third kappa shape index (κ3) is 1.81. The summed E-state index contributed by atoms with van der Waals surface area (Å²) >= 11 is 0. The molecule has 2 N–H and O–H groups in total. The van der Waals surface area contributed by atoms with Crippen LogP contribution in [0.15, 0.2) is 0 Å². The summed E-state index contributed by atoms with van der Waals surface area (Å²) in [6.07, 6.45) is 7.80. The Labute approximate surface area is 91.9 Å². The molecule has 3 rings (SSSR count). The minimum Gasteiger partial charge on any atom is -0.360 e. The molecule has 0 aromatic carbocycles. The first kappa shape index (κ1) is 10.1. The molecule has 3 heteroatoms. The first-order chi connectivity index (χ1) is 7.33. The molecule has 0 bridgehead atoms. The van der Waals surface area contributed by atoms with Gasteiger partial charge in [0, 0.05) is 24.8 Å². The van der Waals surface area contributed by atoms with Gasteiger partial charge in [-0.15, -0.1) is 0 Å². The van der Waals surface area contributed by atoms with Crippen molar-refractivity contribution in [2.24, 2.45) is 5.41 Å². The number of rotatable bonds is 0. The van der Waals surface area contributed by atoms with Gasteiger partial charge in [-0.3, -0.25) is 5.32 Å². The van der Waals surface area contributed by atoms with Gasteiger partial charge < -0.3 is 10.1 Å². The lowest BCUT2D eigenvalue weighted by atomic mass is 9.84. The van der Waals surface area contributed by atoms with E-state index in [1.165, 1.54) is 32.2 Å². The van der Waals surface area contributed by atoms with Crippen LogP contribution in [0.5, 0.6) is 0 Å². The third-order valence-electron chi connectivity index (χ3n) is 4.52. The first-order valence-corrected chi connectivity index (χ1v) is 6.42. The van der Waals surface area contributed by atoms with E-state index in [4.69, 9.17) is 4.74 Å². The van der Waals surface area contributed by atoms with E-state index < -0.39 is 0 Å². The normalized spacial score (nSPS) is 33.6. The quantitative estimate of drug-likeness (QED) is 0.631. The molecule has 0 radical (unpaired) electrons. The Hall–Kier alpha value is -0.120. The molecule has 3 fully saturated rings. The van der Waals surface area contributed by atoms with E-state index in [9.17, 15) is 0 Å². The summed E-state index contributed by atoms with van der Waals surface area (Å²) in [5.41, 5.74) is 0.523. The van der Waals surface area contributed by atoms with Gasteiger partial charge in [-0.1, -0.05) is 12.8 Å². The van der Waals surface area contributed by atoms with Gasteiger partial charge in [0.1, 0.15) is 5.72 Å². The summed E-state index contributed by atoms with van der Waals surface area (Å²) < 4.78 is 6.19. The summed E-state index contributed by atoms with van der Waals surface area (Å²) in [7, 11) is 0. The van der Waals surface area contributed by atoms with Crippen molar-refractivity contribution in [3.05, 3.63) is 0 Å². The molecule has 0 amide bonds. The standard InChI is InChI=1S/C12H22N2O/c1-2-4-11(3-1)9-14-12(15-10-11)5-7-13-8-6-12/h13-14H,1-10H2. The Bertz CT molecular complexity index is 218. The first-order valence-electron chi connectivity index (χ1n) is 6.42. The largest absolute Gasteiger partial charge is 0.360 e. The van der Waals surface area contributed by atoms with Crippen molar-refractivity contribution in [1.29, 1.82) is 0 Å². The minimum absolute atomic E-state index is 0.0269. The monoisotopic (exact) mass is 210 g/mol. The van der Waals surface area contributed by atoms with Gasteiger partial charge in [-0.25, -0.2) is 0 Å². The van der Waals surface area contributed by atoms with E-state index in [1.54, 1.807) is 0 Å². The van der Waals surface area contributed by atoms with Crippen molar-refractivity contribution in [3.8, 4) is 0 Å². The van der Waals surface area contributed by atoms with Crippen LogP contribution in [0.25, 0.3) is 0 Å². The Morgan fingerprint density at radius 2 is 1.67 bits per heavy atom. The maximum atomic E-state index is 6.19. The summed E-state index contributed by atoms with van der Waals surface area (Å²) in [6.45, 7) is 4.38. The second-order valence-electron chi connectivity index (χ2n) is 5.59. The fourth-order valence-electron chi connectivity index (χ4n) is 3.34. The van der Waals surface area contributed by atoms with Gasteiger partial charge in [-0.05, 0) is 25.9 Å². The minimum atomic E-state index is 0.0269. The van der Waals surface area contributed by atoms with Crippen molar-refractivity contribution in [2.75, 3.05) is 26.2 Å². The van der Waals surface area contributed by atoms with Crippen molar-refractivity contribution in [1.82, 2.24) is 10.6 Å². The van der Waals surface area contributed by atoms with Crippen LogP contribution in [0.2, 0.25) is 0 Å². The zero-order chi connectivity index (χ0) is 10.2. The van der Waals surface area contributed by atoms with Gasteiger partial charge >= 0.3 is 0 Å². The highest BCUT2D eigenvalue weighted by molar-refractivity contribution is 4.96. The number of piperidine rings is 1. The molecule has 0 atom stereocenters. The highest BCUT2D eigenvalue weighted by Crippen LogP contribution is 2.42. The fourth-order valence-corrected chi connectivity index (χ4v) is 3.34. The fraction of sp³-hybridized carbons (Fsp3) is 1.00. The van der Waals surface area contributed by atoms with Crippen LogP contribution in [-0.4, -0.2) is 32.0 Å². The predicted molar refractivity (Wildman–Crippen MR) is 59.7 cm³/mol. The van der Waals surface area contributed by atoms with Crippen LogP contribution < -0.4 is 10.6 Å². The lowest BCUT2D eigenvalue weighted by molar-refractivity contribution is -0.156. The lowest BCUT2D eigenvalue weighted by Crippen LogP contribution is -2.61. The second-order valence-corrected chi connectivity index (χ2v) is 5.59. The van der Waals surface area contributed by atoms with E-state index in [2.05, 4.69) is 10.6 Å². The van der Waals surface area contributed by atoms with Gasteiger partial charge in [-0.2, -0.15) is 0 Å². The Balaban J connectivity index is 1.63. The van der Waals surface area contributed by atoms with Crippen LogP contribution in [0.4, 0.5) is 0 Å². The molecule has 0 aromatic heterocycles. The van der Waals surface area contributed by atoms with E-state index in [-0.39, 0.29) is 5.72 Å². The molecule has 2 heterocycles. The van der Waals surface area contributed by atoms with Crippen molar-refractivity contribution in [3.63, 3.8) is 0 Å². The van der Waals surface area contributed by atoms with Gasteiger partial charge in [0.15, 0.2) is 0 Å². The predicted octanol–water partition coefficient (Wildman–Crippen LogP) is 1.25. The summed E-state index contributed by atoms with van der Waals surface area (Å²) in [5.74, 6) is 0. The lowest BCUT2D eigenvalue weighted by Gasteiger charge is -2.47. The molecule has 2 saturated heterocycles. The molecule has 2 spiro atoms.